The minimum atomic E-state index is -0.786. The molecule has 0 rings (SSSR count). The summed E-state index contributed by atoms with van der Waals surface area (Å²) in [5.41, 5.74) is 0. The molecule has 0 N–H and O–H groups in total. The van der Waals surface area contributed by atoms with E-state index in [9.17, 15) is 14.4 Å². The molecule has 0 aromatic carbocycles. The highest BCUT2D eigenvalue weighted by Gasteiger charge is 2.19. The minimum absolute atomic E-state index is 0.0815. The second kappa shape index (κ2) is 65.1. The quantitative estimate of drug-likeness (QED) is 0.0261. The summed E-state index contributed by atoms with van der Waals surface area (Å²) in [7, 11) is 0. The first-order valence-electron chi connectivity index (χ1n) is 33.1. The number of hydrogen-bond donors (Lipinski definition) is 0. The molecule has 0 saturated heterocycles. The molecule has 1 atom stereocenters. The number of allylic oxidation sites excluding steroid dienone is 14. The van der Waals surface area contributed by atoms with Crippen molar-refractivity contribution in [3.05, 3.63) is 85.1 Å². The molecule has 6 nitrogen and oxygen atoms in total. The summed E-state index contributed by atoms with van der Waals surface area (Å²) in [5, 5.41) is 0. The smallest absolute Gasteiger partial charge is 0.306 e. The van der Waals surface area contributed by atoms with E-state index in [0.717, 1.165) is 116 Å². The third kappa shape index (κ3) is 63.3. The lowest BCUT2D eigenvalue weighted by Crippen LogP contribution is -2.30. The molecule has 0 bridgehead atoms. The number of esters is 3. The van der Waals surface area contributed by atoms with Crippen LogP contribution in [0.3, 0.4) is 0 Å². The van der Waals surface area contributed by atoms with Gasteiger partial charge in [0.05, 0.1) is 0 Å². The van der Waals surface area contributed by atoms with Crippen molar-refractivity contribution in [2.75, 3.05) is 13.2 Å². The highest BCUT2D eigenvalue weighted by molar-refractivity contribution is 5.71. The van der Waals surface area contributed by atoms with Crippen LogP contribution in [0.1, 0.15) is 329 Å². The Bertz CT molecular complexity index is 1470. The Balaban J connectivity index is 4.17. The van der Waals surface area contributed by atoms with E-state index in [1.807, 2.05) is 0 Å². The van der Waals surface area contributed by atoms with E-state index in [2.05, 4.69) is 106 Å². The molecule has 77 heavy (non-hydrogen) atoms. The zero-order chi connectivity index (χ0) is 55.7. The fraction of sp³-hybridized carbons (Fsp3) is 0.761. The number of ether oxygens (including phenoxy) is 3. The fourth-order valence-electron chi connectivity index (χ4n) is 9.40. The summed E-state index contributed by atoms with van der Waals surface area (Å²) in [5.74, 6) is -0.891. The number of rotatable bonds is 60. The van der Waals surface area contributed by atoms with Crippen LogP contribution in [0.5, 0.6) is 0 Å². The summed E-state index contributed by atoms with van der Waals surface area (Å²) in [4.78, 5) is 38.3. The fourth-order valence-corrected chi connectivity index (χ4v) is 9.40. The van der Waals surface area contributed by atoms with Crippen molar-refractivity contribution >= 4 is 17.9 Å². The third-order valence-electron chi connectivity index (χ3n) is 14.4. The van der Waals surface area contributed by atoms with E-state index in [1.165, 1.54) is 173 Å². The van der Waals surface area contributed by atoms with Crippen LogP contribution < -0.4 is 0 Å². The predicted molar refractivity (Wildman–Crippen MR) is 334 cm³/mol. The Kier molecular flexibility index (Phi) is 62.2. The van der Waals surface area contributed by atoms with Gasteiger partial charge < -0.3 is 14.2 Å². The van der Waals surface area contributed by atoms with Gasteiger partial charge in [0, 0.05) is 19.3 Å². The minimum Gasteiger partial charge on any atom is -0.462 e. The van der Waals surface area contributed by atoms with Gasteiger partial charge >= 0.3 is 17.9 Å². The van der Waals surface area contributed by atoms with Crippen LogP contribution in [0.25, 0.3) is 0 Å². The highest BCUT2D eigenvalue weighted by atomic mass is 16.6. The molecule has 6 heteroatoms. The van der Waals surface area contributed by atoms with Gasteiger partial charge in [-0.3, -0.25) is 14.4 Å². The molecular formula is C71H124O6. The molecule has 0 aliphatic carbocycles. The Morgan fingerprint density at radius 3 is 0.831 bits per heavy atom. The summed E-state index contributed by atoms with van der Waals surface area (Å²) in [6.45, 7) is 6.50. The van der Waals surface area contributed by atoms with Crippen molar-refractivity contribution in [3.63, 3.8) is 0 Å². The zero-order valence-corrected chi connectivity index (χ0v) is 51.0. The van der Waals surface area contributed by atoms with Crippen LogP contribution in [0.4, 0.5) is 0 Å². The average Bonchev–Trinajstić information content (AvgIpc) is 3.43. The molecule has 0 saturated carbocycles. The number of unbranched alkanes of at least 4 members (excludes halogenated alkanes) is 35. The van der Waals surface area contributed by atoms with E-state index >= 15 is 0 Å². The van der Waals surface area contributed by atoms with Crippen LogP contribution in [0.2, 0.25) is 0 Å². The molecule has 0 fully saturated rings. The van der Waals surface area contributed by atoms with Crippen LogP contribution in [0, 0.1) is 0 Å². The summed E-state index contributed by atoms with van der Waals surface area (Å²) < 4.78 is 16.9. The van der Waals surface area contributed by atoms with E-state index in [0.29, 0.717) is 19.3 Å². The molecule has 0 aromatic heterocycles. The Morgan fingerprint density at radius 1 is 0.273 bits per heavy atom. The molecule has 444 valence electrons. The van der Waals surface area contributed by atoms with Gasteiger partial charge in [0.15, 0.2) is 6.10 Å². The summed E-state index contributed by atoms with van der Waals surface area (Å²) in [6, 6.07) is 0. The van der Waals surface area contributed by atoms with Crippen LogP contribution in [-0.2, 0) is 28.6 Å². The zero-order valence-electron chi connectivity index (χ0n) is 51.0. The van der Waals surface area contributed by atoms with Crippen molar-refractivity contribution < 1.29 is 28.6 Å². The SMILES string of the molecule is CC/C=C\C/C=C\C/C=C\C/C=C\CCCCCCCCCCCCCCCCCCCCC(=O)OCC(COC(=O)CCCCCCC/C=C\CCCCCC)OC(=O)CCCCCCC/C=C\C/C=C\CCCCC. The molecule has 1 unspecified atom stereocenters. The predicted octanol–water partition coefficient (Wildman–Crippen LogP) is 22.7. The van der Waals surface area contributed by atoms with Gasteiger partial charge in [0.1, 0.15) is 13.2 Å². The molecule has 0 spiro atoms. The third-order valence-corrected chi connectivity index (χ3v) is 14.4. The van der Waals surface area contributed by atoms with Gasteiger partial charge in [0.2, 0.25) is 0 Å². The van der Waals surface area contributed by atoms with Gasteiger partial charge in [-0.05, 0) is 116 Å². The largest absolute Gasteiger partial charge is 0.462 e. The van der Waals surface area contributed by atoms with Crippen molar-refractivity contribution in [3.8, 4) is 0 Å². The van der Waals surface area contributed by atoms with E-state index in [-0.39, 0.29) is 31.1 Å². The average molecular weight is 1070 g/mol. The Morgan fingerprint density at radius 2 is 0.506 bits per heavy atom. The lowest BCUT2D eigenvalue weighted by atomic mass is 10.0. The summed E-state index contributed by atoms with van der Waals surface area (Å²) in [6.07, 6.45) is 86.1. The van der Waals surface area contributed by atoms with Crippen molar-refractivity contribution in [1.29, 1.82) is 0 Å². The van der Waals surface area contributed by atoms with E-state index in [1.54, 1.807) is 0 Å². The monoisotopic (exact) mass is 1070 g/mol. The summed E-state index contributed by atoms with van der Waals surface area (Å²) >= 11 is 0. The van der Waals surface area contributed by atoms with Crippen molar-refractivity contribution in [2.24, 2.45) is 0 Å². The maximum Gasteiger partial charge on any atom is 0.306 e. The number of carbonyl (C=O) groups is 3. The van der Waals surface area contributed by atoms with Gasteiger partial charge in [-0.15, -0.1) is 0 Å². The Labute approximate surface area is 477 Å². The van der Waals surface area contributed by atoms with Crippen LogP contribution in [0.15, 0.2) is 85.1 Å². The lowest BCUT2D eigenvalue weighted by Gasteiger charge is -2.18. The molecule has 0 aromatic rings. The van der Waals surface area contributed by atoms with Gasteiger partial charge in [-0.25, -0.2) is 0 Å². The molecule has 0 amide bonds. The first-order chi connectivity index (χ1) is 38.0. The number of hydrogen-bond acceptors (Lipinski definition) is 6. The second-order valence-electron chi connectivity index (χ2n) is 22.0. The standard InChI is InChI=1S/C71H124O6/c1-4-7-10-13-16-19-22-25-27-28-29-30-31-32-33-34-35-36-37-38-39-40-41-42-44-46-49-52-55-58-61-64-70(73)76-67-68(66-75-69(72)63-60-57-54-51-48-45-24-21-18-15-12-9-6-3)77-71(74)65-62-59-56-53-50-47-43-26-23-20-17-14-11-8-5-2/h7,10,16-17,19-21,24-27,29-30,43,68H,4-6,8-9,11-15,18,22-23,28,31-42,44-67H2,1-3H3/b10-7-,19-16-,20-17-,24-21-,27-25-,30-29-,43-26-. The maximum absolute atomic E-state index is 12.9. The Hall–Kier alpha value is -3.41. The highest BCUT2D eigenvalue weighted by Crippen LogP contribution is 2.17. The topological polar surface area (TPSA) is 78.9 Å². The molecule has 0 aliphatic rings. The first kappa shape index (κ1) is 73.6. The van der Waals surface area contributed by atoms with Crippen molar-refractivity contribution in [2.45, 2.75) is 335 Å². The first-order valence-corrected chi connectivity index (χ1v) is 33.1. The maximum atomic E-state index is 12.9. The van der Waals surface area contributed by atoms with Crippen molar-refractivity contribution in [1.82, 2.24) is 0 Å². The van der Waals surface area contributed by atoms with Gasteiger partial charge in [0.25, 0.3) is 0 Å². The van der Waals surface area contributed by atoms with Gasteiger partial charge in [-0.1, -0.05) is 279 Å². The van der Waals surface area contributed by atoms with E-state index < -0.39 is 6.10 Å². The molecule has 0 radical (unpaired) electrons. The normalized spacial score (nSPS) is 12.6. The second-order valence-corrected chi connectivity index (χ2v) is 22.0. The lowest BCUT2D eigenvalue weighted by molar-refractivity contribution is -0.167. The van der Waals surface area contributed by atoms with E-state index in [4.69, 9.17) is 14.2 Å². The van der Waals surface area contributed by atoms with Crippen LogP contribution >= 0.6 is 0 Å². The van der Waals surface area contributed by atoms with Crippen LogP contribution in [-0.4, -0.2) is 37.2 Å². The molecule has 0 aliphatic heterocycles. The molecular weight excluding hydrogens is 949 g/mol. The molecule has 0 heterocycles. The number of carbonyl (C=O) groups excluding carboxylic acids is 3. The van der Waals surface area contributed by atoms with Gasteiger partial charge in [-0.2, -0.15) is 0 Å².